The smallest absolute Gasteiger partial charge is 0.153 e. The van der Waals surface area contributed by atoms with E-state index in [-0.39, 0.29) is 12.0 Å². The summed E-state index contributed by atoms with van der Waals surface area (Å²) in [5.41, 5.74) is 1.18. The Morgan fingerprint density at radius 1 is 1.41 bits per heavy atom. The summed E-state index contributed by atoms with van der Waals surface area (Å²) in [6, 6.07) is 4.12. The number of carbonyl (C=O) groups excluding carboxylic acids is 1. The van der Waals surface area contributed by atoms with Crippen LogP contribution in [0.5, 0.6) is 0 Å². The minimum atomic E-state index is 0.0895. The topological polar surface area (TPSA) is 33.2 Å². The van der Waals surface area contributed by atoms with Gasteiger partial charge in [-0.3, -0.25) is 14.7 Å². The molecule has 0 aliphatic carbocycles. The predicted molar refractivity (Wildman–Crippen MR) is 65.7 cm³/mol. The van der Waals surface area contributed by atoms with Crippen molar-refractivity contribution in [3.05, 3.63) is 30.1 Å². The molecule has 90 valence electrons. The minimum Gasteiger partial charge on any atom is -0.298 e. The van der Waals surface area contributed by atoms with Crippen LogP contribution in [0.4, 0.5) is 0 Å². The SMILES string of the molecule is CC(c1cccnc1)C1C(=O)C2CCN1CC2. The molecule has 0 radical (unpaired) electrons. The summed E-state index contributed by atoms with van der Waals surface area (Å²) in [4.78, 5) is 18.9. The highest BCUT2D eigenvalue weighted by molar-refractivity contribution is 5.88. The van der Waals surface area contributed by atoms with Gasteiger partial charge in [0.1, 0.15) is 0 Å². The highest BCUT2D eigenvalue weighted by Crippen LogP contribution is 2.35. The van der Waals surface area contributed by atoms with E-state index in [0.717, 1.165) is 25.9 Å². The standard InChI is InChI=1S/C14H18N2O/c1-10(12-3-2-6-15-9-12)13-14(17)11-4-7-16(13)8-5-11/h2-3,6,9-11,13H,4-5,7-8H2,1H3. The molecule has 3 nitrogen and oxygen atoms in total. The molecular formula is C14H18N2O. The lowest BCUT2D eigenvalue weighted by Gasteiger charge is -2.46. The van der Waals surface area contributed by atoms with Gasteiger partial charge in [0.15, 0.2) is 5.78 Å². The zero-order valence-corrected chi connectivity index (χ0v) is 10.2. The lowest BCUT2D eigenvalue weighted by atomic mass is 9.76. The second-order valence-electron chi connectivity index (χ2n) is 5.23. The Balaban J connectivity index is 1.87. The van der Waals surface area contributed by atoms with Gasteiger partial charge in [0, 0.05) is 24.2 Å². The van der Waals surface area contributed by atoms with Crippen molar-refractivity contribution in [3.8, 4) is 0 Å². The summed E-state index contributed by atoms with van der Waals surface area (Å²) in [5.74, 6) is 1.04. The molecule has 3 aliphatic rings. The van der Waals surface area contributed by atoms with E-state index >= 15 is 0 Å². The maximum atomic E-state index is 12.3. The van der Waals surface area contributed by atoms with Crippen molar-refractivity contribution in [3.63, 3.8) is 0 Å². The highest BCUT2D eigenvalue weighted by Gasteiger charge is 2.43. The molecule has 0 amide bonds. The molecule has 3 fully saturated rings. The van der Waals surface area contributed by atoms with Gasteiger partial charge in [0.25, 0.3) is 0 Å². The lowest BCUT2D eigenvalue weighted by Crippen LogP contribution is -2.57. The first-order valence-electron chi connectivity index (χ1n) is 6.45. The molecule has 17 heavy (non-hydrogen) atoms. The molecule has 0 aromatic carbocycles. The Bertz CT molecular complexity index is 409. The number of rotatable bonds is 2. The molecule has 2 unspecified atom stereocenters. The fourth-order valence-electron chi connectivity index (χ4n) is 3.27. The number of hydrogen-bond donors (Lipinski definition) is 0. The normalized spacial score (nSPS) is 33.7. The fraction of sp³-hybridized carbons (Fsp3) is 0.571. The van der Waals surface area contributed by atoms with E-state index in [1.54, 1.807) is 6.20 Å². The van der Waals surface area contributed by atoms with Crippen molar-refractivity contribution >= 4 is 5.78 Å². The third-order valence-electron chi connectivity index (χ3n) is 4.30. The third kappa shape index (κ3) is 1.78. The number of hydrogen-bond acceptors (Lipinski definition) is 3. The lowest BCUT2D eigenvalue weighted by molar-refractivity contribution is -0.137. The molecule has 2 atom stereocenters. The van der Waals surface area contributed by atoms with Gasteiger partial charge >= 0.3 is 0 Å². The van der Waals surface area contributed by atoms with E-state index in [1.807, 2.05) is 12.3 Å². The van der Waals surface area contributed by atoms with Crippen LogP contribution >= 0.6 is 0 Å². The van der Waals surface area contributed by atoms with Crippen LogP contribution in [-0.2, 0) is 4.79 Å². The highest BCUT2D eigenvalue weighted by atomic mass is 16.1. The average molecular weight is 230 g/mol. The van der Waals surface area contributed by atoms with Crippen molar-refractivity contribution in [2.75, 3.05) is 13.1 Å². The van der Waals surface area contributed by atoms with Crippen molar-refractivity contribution in [2.24, 2.45) is 5.92 Å². The largest absolute Gasteiger partial charge is 0.298 e. The summed E-state index contributed by atoms with van der Waals surface area (Å²) >= 11 is 0. The Hall–Kier alpha value is -1.22. The molecule has 4 rings (SSSR count). The molecule has 3 aliphatic heterocycles. The van der Waals surface area contributed by atoms with Crippen LogP contribution in [0, 0.1) is 5.92 Å². The van der Waals surface area contributed by atoms with Gasteiger partial charge < -0.3 is 0 Å². The van der Waals surface area contributed by atoms with E-state index in [0.29, 0.717) is 11.7 Å². The van der Waals surface area contributed by atoms with Crippen molar-refractivity contribution in [1.82, 2.24) is 9.88 Å². The van der Waals surface area contributed by atoms with E-state index < -0.39 is 0 Å². The van der Waals surface area contributed by atoms with Crippen LogP contribution in [0.3, 0.4) is 0 Å². The number of fused-ring (bicyclic) bond motifs is 3. The summed E-state index contributed by atoms with van der Waals surface area (Å²) in [5, 5.41) is 0. The summed E-state index contributed by atoms with van der Waals surface area (Å²) < 4.78 is 0. The van der Waals surface area contributed by atoms with Crippen molar-refractivity contribution in [2.45, 2.75) is 31.7 Å². The predicted octanol–water partition coefficient (Wildman–Crippen LogP) is 1.85. The molecule has 1 aromatic heterocycles. The molecular weight excluding hydrogens is 212 g/mol. The quantitative estimate of drug-likeness (QED) is 0.777. The Kier molecular flexibility index (Phi) is 2.71. The first kappa shape index (κ1) is 10.9. The number of piperidine rings is 3. The summed E-state index contributed by atoms with van der Waals surface area (Å²) in [6.45, 7) is 4.33. The van der Waals surface area contributed by atoms with E-state index in [2.05, 4.69) is 22.9 Å². The zero-order chi connectivity index (χ0) is 11.8. The zero-order valence-electron chi connectivity index (χ0n) is 10.2. The number of aromatic nitrogens is 1. The van der Waals surface area contributed by atoms with Crippen LogP contribution in [0.1, 0.15) is 31.2 Å². The van der Waals surface area contributed by atoms with Gasteiger partial charge in [0.2, 0.25) is 0 Å². The van der Waals surface area contributed by atoms with Crippen LogP contribution < -0.4 is 0 Å². The number of pyridine rings is 1. The molecule has 3 heteroatoms. The van der Waals surface area contributed by atoms with Gasteiger partial charge in [-0.1, -0.05) is 13.0 Å². The molecule has 1 aromatic rings. The van der Waals surface area contributed by atoms with Crippen LogP contribution in [0.2, 0.25) is 0 Å². The first-order valence-corrected chi connectivity index (χ1v) is 6.45. The van der Waals surface area contributed by atoms with Gasteiger partial charge in [-0.05, 0) is 37.6 Å². The molecule has 0 saturated carbocycles. The monoisotopic (exact) mass is 230 g/mol. The number of nitrogens with zero attached hydrogens (tertiary/aromatic N) is 2. The van der Waals surface area contributed by atoms with Crippen LogP contribution in [-0.4, -0.2) is 34.8 Å². The fourth-order valence-corrected chi connectivity index (χ4v) is 3.27. The number of carbonyl (C=O) groups is 1. The van der Waals surface area contributed by atoms with E-state index in [1.165, 1.54) is 5.56 Å². The van der Waals surface area contributed by atoms with Gasteiger partial charge in [-0.25, -0.2) is 0 Å². The van der Waals surface area contributed by atoms with Crippen molar-refractivity contribution < 1.29 is 4.79 Å². The van der Waals surface area contributed by atoms with Crippen molar-refractivity contribution in [1.29, 1.82) is 0 Å². The molecule has 4 heterocycles. The van der Waals surface area contributed by atoms with Gasteiger partial charge in [-0.2, -0.15) is 0 Å². The van der Waals surface area contributed by atoms with E-state index in [9.17, 15) is 4.79 Å². The second kappa shape index (κ2) is 4.22. The molecule has 2 bridgehead atoms. The number of Topliss-reactive ketones (excluding diaryl/α,β-unsaturated/α-hetero) is 1. The average Bonchev–Trinajstić information content (AvgIpc) is 2.40. The maximum Gasteiger partial charge on any atom is 0.153 e. The Morgan fingerprint density at radius 3 is 2.76 bits per heavy atom. The molecule has 0 spiro atoms. The van der Waals surface area contributed by atoms with Gasteiger partial charge in [-0.15, -0.1) is 0 Å². The second-order valence-corrected chi connectivity index (χ2v) is 5.23. The summed E-state index contributed by atoms with van der Waals surface area (Å²) in [7, 11) is 0. The van der Waals surface area contributed by atoms with Crippen LogP contribution in [0.15, 0.2) is 24.5 Å². The number of ketones is 1. The van der Waals surface area contributed by atoms with Gasteiger partial charge in [0.05, 0.1) is 6.04 Å². The van der Waals surface area contributed by atoms with E-state index in [4.69, 9.17) is 0 Å². The molecule has 3 saturated heterocycles. The Morgan fingerprint density at radius 2 is 2.18 bits per heavy atom. The third-order valence-corrected chi connectivity index (χ3v) is 4.30. The van der Waals surface area contributed by atoms with Crippen LogP contribution in [0.25, 0.3) is 0 Å². The summed E-state index contributed by atoms with van der Waals surface area (Å²) in [6.07, 6.45) is 5.80. The minimum absolute atomic E-state index is 0.0895. The first-order chi connectivity index (χ1) is 8.27. The maximum absolute atomic E-state index is 12.3. The molecule has 0 N–H and O–H groups in total. The Labute approximate surface area is 102 Å².